The van der Waals surface area contributed by atoms with Crippen molar-refractivity contribution in [3.8, 4) is 6.07 Å². The van der Waals surface area contributed by atoms with Gasteiger partial charge in [-0.2, -0.15) is 10.2 Å². The van der Waals surface area contributed by atoms with Crippen LogP contribution in [0.5, 0.6) is 0 Å². The van der Waals surface area contributed by atoms with Crippen molar-refractivity contribution in [2.75, 3.05) is 5.32 Å². The van der Waals surface area contributed by atoms with E-state index >= 15 is 0 Å². The van der Waals surface area contributed by atoms with Gasteiger partial charge in [0.1, 0.15) is 17.6 Å². The van der Waals surface area contributed by atoms with Crippen LogP contribution < -0.4 is 5.32 Å². The summed E-state index contributed by atoms with van der Waals surface area (Å²) in [5.41, 5.74) is -0.136. The zero-order valence-electron chi connectivity index (χ0n) is 10.6. The van der Waals surface area contributed by atoms with Crippen molar-refractivity contribution in [2.24, 2.45) is 0 Å². The molecule has 0 unspecified atom stereocenters. The van der Waals surface area contributed by atoms with Crippen LogP contribution in [0.4, 0.5) is 21.6 Å². The highest BCUT2D eigenvalue weighted by molar-refractivity contribution is 6.28. The molecule has 2 aromatic rings. The van der Waals surface area contributed by atoms with Gasteiger partial charge < -0.3 is 5.32 Å². The molecule has 0 aliphatic rings. The number of aryl methyl sites for hydroxylation is 1. The van der Waals surface area contributed by atoms with Crippen LogP contribution >= 0.6 is 11.6 Å². The van der Waals surface area contributed by atoms with E-state index in [0.717, 1.165) is 12.1 Å². The number of benzene rings is 1. The van der Waals surface area contributed by atoms with Crippen LogP contribution in [0.25, 0.3) is 0 Å². The molecule has 0 spiro atoms. The lowest BCUT2D eigenvalue weighted by Crippen LogP contribution is -2.05. The monoisotopic (exact) mass is 307 g/mol. The minimum Gasteiger partial charge on any atom is -0.333 e. The summed E-state index contributed by atoms with van der Waals surface area (Å²) in [6.07, 6.45) is 0. The van der Waals surface area contributed by atoms with E-state index in [4.69, 9.17) is 16.9 Å². The van der Waals surface area contributed by atoms with Gasteiger partial charge in [0.05, 0.1) is 16.2 Å². The first-order valence-corrected chi connectivity index (χ1v) is 5.95. The standard InChI is InChI=1S/C12H7ClFN5O2/c1-6-10(19(20)21)11(18-12(13)16-6)17-9-3-2-8(14)4-7(9)5-15/h2-4H,1H3,(H,16,17,18). The summed E-state index contributed by atoms with van der Waals surface area (Å²) in [7, 11) is 0. The minimum atomic E-state index is -0.663. The van der Waals surface area contributed by atoms with E-state index in [9.17, 15) is 14.5 Å². The molecular formula is C12H7ClFN5O2. The molecule has 1 aromatic heterocycles. The second-order valence-corrected chi connectivity index (χ2v) is 4.30. The third-order valence-electron chi connectivity index (χ3n) is 2.57. The Morgan fingerprint density at radius 2 is 2.19 bits per heavy atom. The lowest BCUT2D eigenvalue weighted by Gasteiger charge is -2.09. The van der Waals surface area contributed by atoms with Crippen LogP contribution in [0.2, 0.25) is 5.28 Å². The predicted molar refractivity (Wildman–Crippen MR) is 72.8 cm³/mol. The third kappa shape index (κ3) is 3.04. The van der Waals surface area contributed by atoms with Gasteiger partial charge in [-0.15, -0.1) is 0 Å². The molecule has 1 heterocycles. The SMILES string of the molecule is Cc1nc(Cl)nc(Nc2ccc(F)cc2C#N)c1[N+](=O)[O-]. The number of rotatable bonds is 3. The van der Waals surface area contributed by atoms with Crippen molar-refractivity contribution in [1.82, 2.24) is 9.97 Å². The first-order valence-electron chi connectivity index (χ1n) is 5.57. The highest BCUT2D eigenvalue weighted by Crippen LogP contribution is 2.30. The molecule has 1 N–H and O–H groups in total. The molecule has 9 heteroatoms. The van der Waals surface area contributed by atoms with Gasteiger partial charge in [0.2, 0.25) is 11.1 Å². The van der Waals surface area contributed by atoms with Crippen LogP contribution in [-0.4, -0.2) is 14.9 Å². The van der Waals surface area contributed by atoms with E-state index in [2.05, 4.69) is 15.3 Å². The summed E-state index contributed by atoms with van der Waals surface area (Å²) >= 11 is 5.68. The van der Waals surface area contributed by atoms with Crippen molar-refractivity contribution in [3.63, 3.8) is 0 Å². The topological polar surface area (TPSA) is 105 Å². The quantitative estimate of drug-likeness (QED) is 0.530. The fourth-order valence-electron chi connectivity index (χ4n) is 1.68. The maximum Gasteiger partial charge on any atom is 0.332 e. The van der Waals surface area contributed by atoms with Crippen LogP contribution in [0, 0.1) is 34.2 Å². The fraction of sp³-hybridized carbons (Fsp3) is 0.0833. The van der Waals surface area contributed by atoms with Gasteiger partial charge in [-0.1, -0.05) is 0 Å². The average molecular weight is 308 g/mol. The number of nitrogens with one attached hydrogen (secondary N) is 1. The van der Waals surface area contributed by atoms with Gasteiger partial charge in [0, 0.05) is 0 Å². The third-order valence-corrected chi connectivity index (χ3v) is 2.74. The van der Waals surface area contributed by atoms with E-state index in [1.807, 2.05) is 0 Å². The van der Waals surface area contributed by atoms with Gasteiger partial charge >= 0.3 is 5.69 Å². The molecular weight excluding hydrogens is 301 g/mol. The van der Waals surface area contributed by atoms with E-state index in [0.29, 0.717) is 0 Å². The first kappa shape index (κ1) is 14.6. The normalized spacial score (nSPS) is 10.0. The summed E-state index contributed by atoms with van der Waals surface area (Å²) in [6, 6.07) is 5.19. The summed E-state index contributed by atoms with van der Waals surface area (Å²) in [5, 5.41) is 22.5. The van der Waals surface area contributed by atoms with Crippen LogP contribution in [-0.2, 0) is 0 Å². The lowest BCUT2D eigenvalue weighted by atomic mass is 10.2. The van der Waals surface area contributed by atoms with E-state index < -0.39 is 10.7 Å². The number of nitrogens with zero attached hydrogens (tertiary/aromatic N) is 4. The maximum atomic E-state index is 13.1. The Kier molecular flexibility index (Phi) is 3.95. The molecule has 21 heavy (non-hydrogen) atoms. The molecule has 0 saturated heterocycles. The number of hydrogen-bond donors (Lipinski definition) is 1. The van der Waals surface area contributed by atoms with Crippen molar-refractivity contribution in [2.45, 2.75) is 6.92 Å². The predicted octanol–water partition coefficient (Wildman–Crippen LogP) is 3.10. The van der Waals surface area contributed by atoms with Crippen molar-refractivity contribution >= 4 is 28.8 Å². The molecule has 0 bridgehead atoms. The fourth-order valence-corrected chi connectivity index (χ4v) is 1.90. The number of nitro groups is 1. The van der Waals surface area contributed by atoms with Gasteiger partial charge in [-0.3, -0.25) is 10.1 Å². The largest absolute Gasteiger partial charge is 0.333 e. The Labute approximate surface area is 123 Å². The van der Waals surface area contributed by atoms with Crippen molar-refractivity contribution < 1.29 is 9.31 Å². The number of anilines is 2. The molecule has 106 valence electrons. The number of hydrogen-bond acceptors (Lipinski definition) is 6. The van der Waals surface area contributed by atoms with E-state index in [1.54, 1.807) is 6.07 Å². The molecule has 2 rings (SSSR count). The molecule has 0 fully saturated rings. The molecule has 1 aromatic carbocycles. The van der Waals surface area contributed by atoms with Gasteiger partial charge in [-0.25, -0.2) is 9.37 Å². The van der Waals surface area contributed by atoms with Crippen LogP contribution in [0.3, 0.4) is 0 Å². The molecule has 7 nitrogen and oxygen atoms in total. The lowest BCUT2D eigenvalue weighted by molar-refractivity contribution is -0.385. The average Bonchev–Trinajstić information content (AvgIpc) is 2.39. The minimum absolute atomic E-state index is 0.0170. The molecule has 0 saturated carbocycles. The summed E-state index contributed by atoms with van der Waals surface area (Å²) in [6.45, 7) is 1.41. The van der Waals surface area contributed by atoms with Crippen molar-refractivity contribution in [3.05, 3.63) is 50.7 Å². The number of nitriles is 1. The molecule has 0 aliphatic carbocycles. The molecule has 0 aliphatic heterocycles. The van der Waals surface area contributed by atoms with Crippen molar-refractivity contribution in [1.29, 1.82) is 5.26 Å². The van der Waals surface area contributed by atoms with Crippen LogP contribution in [0.1, 0.15) is 11.3 Å². The van der Waals surface area contributed by atoms with Gasteiger partial charge in [0.25, 0.3) is 0 Å². The second kappa shape index (κ2) is 5.68. The van der Waals surface area contributed by atoms with Gasteiger partial charge in [0.15, 0.2) is 0 Å². The number of aromatic nitrogens is 2. The smallest absolute Gasteiger partial charge is 0.332 e. The zero-order chi connectivity index (χ0) is 15.6. The summed E-state index contributed by atoms with van der Waals surface area (Å²) in [5.74, 6) is -0.760. The summed E-state index contributed by atoms with van der Waals surface area (Å²) in [4.78, 5) is 17.9. The first-order chi connectivity index (χ1) is 9.92. The Morgan fingerprint density at radius 1 is 1.48 bits per heavy atom. The van der Waals surface area contributed by atoms with E-state index in [-0.39, 0.29) is 33.7 Å². The highest BCUT2D eigenvalue weighted by Gasteiger charge is 2.22. The summed E-state index contributed by atoms with van der Waals surface area (Å²) < 4.78 is 13.1. The second-order valence-electron chi connectivity index (χ2n) is 3.96. The Balaban J connectivity index is 2.54. The van der Waals surface area contributed by atoms with Crippen LogP contribution in [0.15, 0.2) is 18.2 Å². The van der Waals surface area contributed by atoms with E-state index in [1.165, 1.54) is 13.0 Å². The Morgan fingerprint density at radius 3 is 2.81 bits per heavy atom. The maximum absolute atomic E-state index is 13.1. The Hall–Kier alpha value is -2.79. The Bertz CT molecular complexity index is 775. The highest BCUT2D eigenvalue weighted by atomic mass is 35.5. The van der Waals surface area contributed by atoms with Gasteiger partial charge in [-0.05, 0) is 36.7 Å². The molecule has 0 amide bonds. The number of halogens is 2. The molecule has 0 atom stereocenters. The molecule has 0 radical (unpaired) electrons. The zero-order valence-corrected chi connectivity index (χ0v) is 11.3.